The molecule has 0 amide bonds. The molecule has 1 atom stereocenters. The standard InChI is InChI=1S/C8H14N2OS/c1-7(10(2)4-5-11)8-9-3-6-12-8/h3,6-7,11H,4-5H2,1-2H3/t7-/m0/s1. The largest absolute Gasteiger partial charge is 0.395 e. The topological polar surface area (TPSA) is 36.4 Å². The van der Waals surface area contributed by atoms with Gasteiger partial charge in [-0.1, -0.05) is 0 Å². The number of aliphatic hydroxyl groups is 1. The molecule has 0 saturated carbocycles. The Labute approximate surface area is 76.7 Å². The van der Waals surface area contributed by atoms with Crippen LogP contribution in [0.1, 0.15) is 18.0 Å². The van der Waals surface area contributed by atoms with E-state index in [0.717, 1.165) is 5.01 Å². The van der Waals surface area contributed by atoms with Crippen LogP contribution in [0.3, 0.4) is 0 Å². The molecule has 0 aliphatic carbocycles. The van der Waals surface area contributed by atoms with Crippen molar-refractivity contribution in [1.82, 2.24) is 9.88 Å². The molecule has 0 bridgehead atoms. The number of rotatable bonds is 4. The highest BCUT2D eigenvalue weighted by atomic mass is 32.1. The summed E-state index contributed by atoms with van der Waals surface area (Å²) in [7, 11) is 1.99. The first kappa shape index (κ1) is 9.64. The van der Waals surface area contributed by atoms with Crippen LogP contribution in [0.5, 0.6) is 0 Å². The first-order valence-corrected chi connectivity index (χ1v) is 4.84. The number of hydrogen-bond donors (Lipinski definition) is 1. The van der Waals surface area contributed by atoms with E-state index in [1.807, 2.05) is 18.6 Å². The lowest BCUT2D eigenvalue weighted by Crippen LogP contribution is -2.25. The zero-order valence-corrected chi connectivity index (χ0v) is 8.21. The molecular weight excluding hydrogens is 172 g/mol. The highest BCUT2D eigenvalue weighted by Crippen LogP contribution is 2.19. The summed E-state index contributed by atoms with van der Waals surface area (Å²) in [5.41, 5.74) is 0. The lowest BCUT2D eigenvalue weighted by Gasteiger charge is -2.21. The predicted molar refractivity (Wildman–Crippen MR) is 50.2 cm³/mol. The summed E-state index contributed by atoms with van der Waals surface area (Å²) in [4.78, 5) is 6.30. The van der Waals surface area contributed by atoms with Crippen molar-refractivity contribution in [2.75, 3.05) is 20.2 Å². The molecule has 1 aromatic rings. The maximum absolute atomic E-state index is 8.72. The van der Waals surface area contributed by atoms with Gasteiger partial charge in [-0.25, -0.2) is 4.98 Å². The monoisotopic (exact) mass is 186 g/mol. The van der Waals surface area contributed by atoms with Gasteiger partial charge >= 0.3 is 0 Å². The van der Waals surface area contributed by atoms with E-state index in [1.165, 1.54) is 0 Å². The molecule has 0 spiro atoms. The first-order chi connectivity index (χ1) is 5.75. The van der Waals surface area contributed by atoms with E-state index in [0.29, 0.717) is 12.6 Å². The minimum atomic E-state index is 0.201. The Morgan fingerprint density at radius 1 is 1.75 bits per heavy atom. The third-order valence-corrected chi connectivity index (χ3v) is 2.87. The van der Waals surface area contributed by atoms with E-state index in [1.54, 1.807) is 11.3 Å². The SMILES string of the molecule is C[C@@H](c1nccs1)N(C)CCO. The van der Waals surface area contributed by atoms with Crippen LogP contribution < -0.4 is 0 Å². The van der Waals surface area contributed by atoms with E-state index in [4.69, 9.17) is 5.11 Å². The number of thiazole rings is 1. The van der Waals surface area contributed by atoms with E-state index >= 15 is 0 Å². The fourth-order valence-corrected chi connectivity index (χ4v) is 1.74. The van der Waals surface area contributed by atoms with Gasteiger partial charge in [0, 0.05) is 18.1 Å². The van der Waals surface area contributed by atoms with Crippen molar-refractivity contribution in [2.45, 2.75) is 13.0 Å². The minimum absolute atomic E-state index is 0.201. The first-order valence-electron chi connectivity index (χ1n) is 3.96. The second-order valence-corrected chi connectivity index (χ2v) is 3.68. The lowest BCUT2D eigenvalue weighted by molar-refractivity contribution is 0.188. The molecule has 0 aliphatic rings. The summed E-state index contributed by atoms with van der Waals surface area (Å²) >= 11 is 1.65. The summed E-state index contributed by atoms with van der Waals surface area (Å²) in [5, 5.41) is 11.8. The van der Waals surface area contributed by atoms with Gasteiger partial charge in [0.25, 0.3) is 0 Å². The van der Waals surface area contributed by atoms with Gasteiger partial charge in [-0.3, -0.25) is 4.90 Å². The normalized spacial score (nSPS) is 13.7. The van der Waals surface area contributed by atoms with Crippen LogP contribution in [-0.4, -0.2) is 35.2 Å². The zero-order chi connectivity index (χ0) is 8.97. The van der Waals surface area contributed by atoms with Crippen molar-refractivity contribution >= 4 is 11.3 Å². The van der Waals surface area contributed by atoms with Gasteiger partial charge in [0.2, 0.25) is 0 Å². The van der Waals surface area contributed by atoms with Crippen molar-refractivity contribution in [3.63, 3.8) is 0 Å². The second-order valence-electron chi connectivity index (χ2n) is 2.75. The summed E-state index contributed by atoms with van der Waals surface area (Å²) in [6.45, 7) is 2.99. The molecule has 1 heterocycles. The van der Waals surface area contributed by atoms with Crippen LogP contribution in [0.2, 0.25) is 0 Å². The van der Waals surface area contributed by atoms with Crippen molar-refractivity contribution in [3.05, 3.63) is 16.6 Å². The van der Waals surface area contributed by atoms with Crippen molar-refractivity contribution in [1.29, 1.82) is 0 Å². The van der Waals surface area contributed by atoms with E-state index in [9.17, 15) is 0 Å². The van der Waals surface area contributed by atoms with E-state index < -0.39 is 0 Å². The molecule has 4 heteroatoms. The summed E-state index contributed by atoms with van der Waals surface area (Å²) in [5.74, 6) is 0. The summed E-state index contributed by atoms with van der Waals surface area (Å²) in [6.07, 6.45) is 1.81. The summed E-state index contributed by atoms with van der Waals surface area (Å²) < 4.78 is 0. The van der Waals surface area contributed by atoms with Crippen LogP contribution in [0.15, 0.2) is 11.6 Å². The Kier molecular flexibility index (Phi) is 3.65. The van der Waals surface area contributed by atoms with Gasteiger partial charge in [-0.2, -0.15) is 0 Å². The van der Waals surface area contributed by atoms with E-state index in [-0.39, 0.29) is 6.61 Å². The molecule has 0 saturated heterocycles. The molecule has 0 aliphatic heterocycles. The third kappa shape index (κ3) is 2.27. The van der Waals surface area contributed by atoms with Gasteiger partial charge in [0.05, 0.1) is 12.6 Å². The Morgan fingerprint density at radius 3 is 3.00 bits per heavy atom. The van der Waals surface area contributed by atoms with Gasteiger partial charge in [-0.05, 0) is 14.0 Å². The maximum Gasteiger partial charge on any atom is 0.109 e. The highest BCUT2D eigenvalue weighted by Gasteiger charge is 2.12. The molecule has 0 aromatic carbocycles. The van der Waals surface area contributed by atoms with E-state index in [2.05, 4.69) is 16.8 Å². The Bertz CT molecular complexity index is 213. The molecule has 0 radical (unpaired) electrons. The van der Waals surface area contributed by atoms with Crippen molar-refractivity contribution in [3.8, 4) is 0 Å². The van der Waals surface area contributed by atoms with Gasteiger partial charge in [0.1, 0.15) is 5.01 Å². The minimum Gasteiger partial charge on any atom is -0.395 e. The smallest absolute Gasteiger partial charge is 0.109 e. The average molecular weight is 186 g/mol. The molecule has 1 N–H and O–H groups in total. The number of hydrogen-bond acceptors (Lipinski definition) is 4. The number of nitrogens with zero attached hydrogens (tertiary/aromatic N) is 2. The van der Waals surface area contributed by atoms with Crippen LogP contribution in [0, 0.1) is 0 Å². The number of aromatic nitrogens is 1. The van der Waals surface area contributed by atoms with Crippen molar-refractivity contribution in [2.24, 2.45) is 0 Å². The van der Waals surface area contributed by atoms with Gasteiger partial charge < -0.3 is 5.11 Å². The second kappa shape index (κ2) is 4.54. The van der Waals surface area contributed by atoms with Gasteiger partial charge in [0.15, 0.2) is 0 Å². The Morgan fingerprint density at radius 2 is 2.50 bits per heavy atom. The lowest BCUT2D eigenvalue weighted by atomic mass is 10.3. The molecule has 3 nitrogen and oxygen atoms in total. The fourth-order valence-electron chi connectivity index (χ4n) is 0.981. The maximum atomic E-state index is 8.72. The predicted octanol–water partition coefficient (Wildman–Crippen LogP) is 1.13. The quantitative estimate of drug-likeness (QED) is 0.765. The fraction of sp³-hybridized carbons (Fsp3) is 0.625. The zero-order valence-electron chi connectivity index (χ0n) is 7.40. The Balaban J connectivity index is 2.53. The number of aliphatic hydroxyl groups excluding tert-OH is 1. The van der Waals surface area contributed by atoms with Crippen molar-refractivity contribution < 1.29 is 5.11 Å². The Hall–Kier alpha value is -0.450. The van der Waals surface area contributed by atoms with Crippen LogP contribution in [0.4, 0.5) is 0 Å². The van der Waals surface area contributed by atoms with Crippen LogP contribution in [-0.2, 0) is 0 Å². The third-order valence-electron chi connectivity index (χ3n) is 1.92. The summed E-state index contributed by atoms with van der Waals surface area (Å²) in [6, 6.07) is 0.303. The van der Waals surface area contributed by atoms with Gasteiger partial charge in [-0.15, -0.1) is 11.3 Å². The molecule has 1 rings (SSSR count). The molecule has 0 fully saturated rings. The highest BCUT2D eigenvalue weighted by molar-refractivity contribution is 7.09. The average Bonchev–Trinajstić information content (AvgIpc) is 2.55. The van der Waals surface area contributed by atoms with Crippen LogP contribution in [0.25, 0.3) is 0 Å². The van der Waals surface area contributed by atoms with Crippen LogP contribution >= 0.6 is 11.3 Å². The molecule has 0 unspecified atom stereocenters. The molecular formula is C8H14N2OS. The number of likely N-dealkylation sites (N-methyl/N-ethyl adjacent to an activating group) is 1. The molecule has 1 aromatic heterocycles. The molecule has 68 valence electrons. The molecule has 12 heavy (non-hydrogen) atoms.